The molecule has 0 bridgehead atoms. The van der Waals surface area contributed by atoms with E-state index in [0.29, 0.717) is 5.82 Å². The quantitative estimate of drug-likeness (QED) is 0.761. The van der Waals surface area contributed by atoms with Crippen LogP contribution >= 0.6 is 0 Å². The number of hydrogen-bond donors (Lipinski definition) is 1. The van der Waals surface area contributed by atoms with Gasteiger partial charge in [0.1, 0.15) is 18.5 Å². The van der Waals surface area contributed by atoms with Crippen LogP contribution in [-0.2, 0) is 0 Å². The Bertz CT molecular complexity index is 828. The lowest BCUT2D eigenvalue weighted by atomic mass is 9.95. The van der Waals surface area contributed by atoms with Crippen LogP contribution in [0.4, 0.5) is 5.82 Å². The van der Waals surface area contributed by atoms with E-state index in [1.165, 1.54) is 44.8 Å². The second-order valence-corrected chi connectivity index (χ2v) is 6.87. The number of rotatable bonds is 2. The minimum Gasteiger partial charge on any atom is -0.383 e. The van der Waals surface area contributed by atoms with Crippen LogP contribution in [0.2, 0.25) is 0 Å². The van der Waals surface area contributed by atoms with Crippen molar-refractivity contribution in [2.24, 2.45) is 0 Å². The Labute approximate surface area is 154 Å². The van der Waals surface area contributed by atoms with Gasteiger partial charge in [-0.15, -0.1) is 0 Å². The first-order chi connectivity index (χ1) is 12.6. The van der Waals surface area contributed by atoms with Crippen molar-refractivity contribution in [2.75, 3.05) is 19.8 Å². The molecule has 0 unspecified atom stereocenters. The molecular formula is C20H26N6. The molecule has 2 heterocycles. The zero-order valence-corrected chi connectivity index (χ0v) is 15.5. The van der Waals surface area contributed by atoms with E-state index in [4.69, 9.17) is 5.73 Å². The summed E-state index contributed by atoms with van der Waals surface area (Å²) < 4.78 is 0. The average Bonchev–Trinajstić information content (AvgIpc) is 2.70. The van der Waals surface area contributed by atoms with Crippen LogP contribution in [0.1, 0.15) is 32.1 Å². The summed E-state index contributed by atoms with van der Waals surface area (Å²) in [5.74, 6) is 0.480. The second-order valence-electron chi connectivity index (χ2n) is 6.87. The van der Waals surface area contributed by atoms with Crippen molar-refractivity contribution in [3.63, 3.8) is 0 Å². The lowest BCUT2D eigenvalue weighted by Gasteiger charge is -2.27. The molecule has 1 fully saturated rings. The Morgan fingerprint density at radius 1 is 0.923 bits per heavy atom. The van der Waals surface area contributed by atoms with E-state index in [0.717, 1.165) is 28.1 Å². The van der Waals surface area contributed by atoms with Crippen molar-refractivity contribution in [3.05, 3.63) is 43.2 Å². The molecule has 1 aliphatic carbocycles. The van der Waals surface area contributed by atoms with Gasteiger partial charge in [-0.3, -0.25) is 0 Å². The molecule has 4 rings (SSSR count). The molecule has 2 N–H and O–H groups in total. The molecule has 1 aromatic carbocycles. The minimum atomic E-state index is 0.480. The van der Waals surface area contributed by atoms with Crippen LogP contribution in [0.3, 0.4) is 0 Å². The standard InChI is InChI=1S/C12H9N5.C8H17N/c13-12-10-3-8(9-4-14-6-15-5-9)1-2-11(10)16-7-17-12;1-9(2)8-6-4-3-5-7-8/h1-7H,(H2,13,16,17);8H,3-7H2,1-2H3. The number of benzene rings is 1. The number of nitrogens with zero attached hydrogens (tertiary/aromatic N) is 5. The van der Waals surface area contributed by atoms with E-state index in [1.807, 2.05) is 18.2 Å². The van der Waals surface area contributed by atoms with E-state index in [-0.39, 0.29) is 0 Å². The number of fused-ring (bicyclic) bond motifs is 1. The molecule has 0 radical (unpaired) electrons. The first kappa shape index (κ1) is 18.2. The molecule has 0 spiro atoms. The smallest absolute Gasteiger partial charge is 0.134 e. The van der Waals surface area contributed by atoms with E-state index >= 15 is 0 Å². The highest BCUT2D eigenvalue weighted by Gasteiger charge is 2.13. The Hall–Kier alpha value is -2.60. The van der Waals surface area contributed by atoms with Crippen molar-refractivity contribution in [2.45, 2.75) is 38.1 Å². The molecule has 3 aromatic rings. The van der Waals surface area contributed by atoms with Gasteiger partial charge in [0.05, 0.1) is 5.52 Å². The maximum absolute atomic E-state index is 5.82. The molecule has 26 heavy (non-hydrogen) atoms. The summed E-state index contributed by atoms with van der Waals surface area (Å²) in [5.41, 5.74) is 8.59. The Balaban J connectivity index is 0.000000185. The highest BCUT2D eigenvalue weighted by Crippen LogP contribution is 2.24. The number of nitrogens with two attached hydrogens (primary N) is 1. The Kier molecular flexibility index (Phi) is 6.07. The van der Waals surface area contributed by atoms with Gasteiger partial charge in [-0.1, -0.05) is 25.3 Å². The van der Waals surface area contributed by atoms with Crippen molar-refractivity contribution in [3.8, 4) is 11.1 Å². The van der Waals surface area contributed by atoms with Crippen molar-refractivity contribution >= 4 is 16.7 Å². The van der Waals surface area contributed by atoms with Crippen LogP contribution < -0.4 is 5.73 Å². The third-order valence-electron chi connectivity index (χ3n) is 4.87. The summed E-state index contributed by atoms with van der Waals surface area (Å²) in [7, 11) is 4.38. The third kappa shape index (κ3) is 4.52. The van der Waals surface area contributed by atoms with E-state index in [9.17, 15) is 0 Å². The van der Waals surface area contributed by atoms with Crippen molar-refractivity contribution in [1.29, 1.82) is 0 Å². The van der Waals surface area contributed by atoms with Gasteiger partial charge in [0, 0.05) is 29.4 Å². The number of hydrogen-bond acceptors (Lipinski definition) is 6. The van der Waals surface area contributed by atoms with Gasteiger partial charge in [-0.2, -0.15) is 0 Å². The fourth-order valence-corrected chi connectivity index (χ4v) is 3.30. The predicted octanol–water partition coefficient (Wildman–Crippen LogP) is 3.55. The summed E-state index contributed by atoms with van der Waals surface area (Å²) in [4.78, 5) is 18.5. The predicted molar refractivity (Wildman–Crippen MR) is 106 cm³/mol. The van der Waals surface area contributed by atoms with Crippen LogP contribution in [0, 0.1) is 0 Å². The molecule has 1 saturated carbocycles. The molecule has 6 nitrogen and oxygen atoms in total. The van der Waals surface area contributed by atoms with Gasteiger partial charge in [0.2, 0.25) is 0 Å². The SMILES string of the molecule is CN(C)C1CCCCC1.Nc1ncnc2ccc(-c3cncnc3)cc12. The van der Waals surface area contributed by atoms with Gasteiger partial charge < -0.3 is 10.6 Å². The molecule has 0 atom stereocenters. The highest BCUT2D eigenvalue weighted by molar-refractivity contribution is 5.91. The topological polar surface area (TPSA) is 80.8 Å². The first-order valence-electron chi connectivity index (χ1n) is 9.07. The van der Waals surface area contributed by atoms with E-state index < -0.39 is 0 Å². The molecule has 0 aliphatic heterocycles. The van der Waals surface area contributed by atoms with E-state index in [2.05, 4.69) is 38.9 Å². The lowest BCUT2D eigenvalue weighted by Crippen LogP contribution is -2.29. The molecule has 1 aliphatic rings. The molecule has 2 aromatic heterocycles. The van der Waals surface area contributed by atoms with Gasteiger partial charge in [-0.25, -0.2) is 19.9 Å². The van der Waals surface area contributed by atoms with Crippen molar-refractivity contribution in [1.82, 2.24) is 24.8 Å². The summed E-state index contributed by atoms with van der Waals surface area (Å²) in [6.45, 7) is 0. The average molecular weight is 350 g/mol. The number of nitrogen functional groups attached to an aromatic ring is 1. The monoisotopic (exact) mass is 350 g/mol. The van der Waals surface area contributed by atoms with Crippen LogP contribution in [0.25, 0.3) is 22.0 Å². The summed E-state index contributed by atoms with van der Waals surface area (Å²) in [6, 6.07) is 6.71. The van der Waals surface area contributed by atoms with Gasteiger partial charge in [-0.05, 0) is 44.6 Å². The summed E-state index contributed by atoms with van der Waals surface area (Å²) in [6.07, 6.45) is 13.7. The van der Waals surface area contributed by atoms with Crippen LogP contribution in [0.15, 0.2) is 43.2 Å². The second kappa shape index (κ2) is 8.67. The highest BCUT2D eigenvalue weighted by atomic mass is 15.1. The molecule has 6 heteroatoms. The van der Waals surface area contributed by atoms with Crippen LogP contribution in [-0.4, -0.2) is 45.0 Å². The van der Waals surface area contributed by atoms with Crippen molar-refractivity contribution < 1.29 is 0 Å². The summed E-state index contributed by atoms with van der Waals surface area (Å²) in [5, 5.41) is 0.842. The zero-order valence-electron chi connectivity index (χ0n) is 15.5. The molecule has 0 amide bonds. The van der Waals surface area contributed by atoms with Gasteiger partial charge in [0.15, 0.2) is 0 Å². The zero-order chi connectivity index (χ0) is 18.4. The number of aromatic nitrogens is 4. The van der Waals surface area contributed by atoms with Crippen LogP contribution in [0.5, 0.6) is 0 Å². The lowest BCUT2D eigenvalue weighted by molar-refractivity contribution is 0.229. The normalized spacial score (nSPS) is 14.9. The third-order valence-corrected chi connectivity index (χ3v) is 4.87. The maximum Gasteiger partial charge on any atom is 0.134 e. The molecule has 136 valence electrons. The molecule has 0 saturated heterocycles. The fourth-order valence-electron chi connectivity index (χ4n) is 3.30. The minimum absolute atomic E-state index is 0.480. The summed E-state index contributed by atoms with van der Waals surface area (Å²) >= 11 is 0. The molecular weight excluding hydrogens is 324 g/mol. The largest absolute Gasteiger partial charge is 0.383 e. The van der Waals surface area contributed by atoms with Gasteiger partial charge in [0.25, 0.3) is 0 Å². The Morgan fingerprint density at radius 3 is 2.31 bits per heavy atom. The van der Waals surface area contributed by atoms with E-state index in [1.54, 1.807) is 12.4 Å². The first-order valence-corrected chi connectivity index (χ1v) is 9.07. The number of anilines is 1. The maximum atomic E-state index is 5.82. The van der Waals surface area contributed by atoms with Gasteiger partial charge >= 0.3 is 0 Å². The Morgan fingerprint density at radius 2 is 1.65 bits per heavy atom. The fraction of sp³-hybridized carbons (Fsp3) is 0.400.